The lowest BCUT2D eigenvalue weighted by atomic mass is 10.1. The number of carbonyl (C=O) groups excluding carboxylic acids is 2. The topological polar surface area (TPSA) is 101 Å². The van der Waals surface area contributed by atoms with E-state index in [9.17, 15) is 19.7 Å². The average Bonchev–Trinajstić information content (AvgIpc) is 2.99. The molecule has 0 saturated heterocycles. The molecule has 2 aromatic rings. The normalized spacial score (nSPS) is 12.1. The van der Waals surface area contributed by atoms with Crippen molar-refractivity contribution in [2.75, 3.05) is 20.3 Å². The van der Waals surface area contributed by atoms with Crippen LogP contribution in [0.1, 0.15) is 40.3 Å². The Labute approximate surface area is 168 Å². The first-order chi connectivity index (χ1) is 13.8. The van der Waals surface area contributed by atoms with Crippen LogP contribution >= 0.6 is 0 Å². The minimum Gasteiger partial charge on any atom is -0.454 e. The molecule has 1 atom stereocenters. The molecule has 8 heteroatoms. The summed E-state index contributed by atoms with van der Waals surface area (Å²) in [5.74, 6) is -1.07. The van der Waals surface area contributed by atoms with Gasteiger partial charge in [0, 0.05) is 36.2 Å². The van der Waals surface area contributed by atoms with Crippen LogP contribution < -0.4 is 0 Å². The zero-order valence-electron chi connectivity index (χ0n) is 16.9. The van der Waals surface area contributed by atoms with Crippen LogP contribution in [0.2, 0.25) is 0 Å². The van der Waals surface area contributed by atoms with E-state index in [2.05, 4.69) is 0 Å². The first kappa shape index (κ1) is 22.0. The van der Waals surface area contributed by atoms with E-state index < -0.39 is 17.5 Å². The number of ketones is 1. The van der Waals surface area contributed by atoms with Gasteiger partial charge in [-0.15, -0.1) is 0 Å². The predicted molar refractivity (Wildman–Crippen MR) is 108 cm³/mol. The maximum atomic E-state index is 12.5. The number of nitro groups is 1. The zero-order chi connectivity index (χ0) is 21.6. The van der Waals surface area contributed by atoms with Gasteiger partial charge in [0.25, 0.3) is 5.69 Å². The second kappa shape index (κ2) is 9.79. The molecular weight excluding hydrogens is 376 g/mol. The number of benzene rings is 1. The van der Waals surface area contributed by atoms with Gasteiger partial charge >= 0.3 is 5.97 Å². The fourth-order valence-electron chi connectivity index (χ4n) is 3.27. The van der Waals surface area contributed by atoms with Crippen LogP contribution in [0.15, 0.2) is 36.4 Å². The van der Waals surface area contributed by atoms with Gasteiger partial charge in [0.15, 0.2) is 6.61 Å². The van der Waals surface area contributed by atoms with Crippen molar-refractivity contribution in [2.45, 2.75) is 26.8 Å². The zero-order valence-corrected chi connectivity index (χ0v) is 16.9. The lowest BCUT2D eigenvalue weighted by Gasteiger charge is -2.17. The molecular formula is C21H24N2O6. The van der Waals surface area contributed by atoms with Crippen LogP contribution in [0.4, 0.5) is 5.69 Å². The Kier molecular flexibility index (Phi) is 7.44. The molecule has 0 spiro atoms. The third kappa shape index (κ3) is 5.39. The third-order valence-corrected chi connectivity index (χ3v) is 4.51. The van der Waals surface area contributed by atoms with E-state index in [0.29, 0.717) is 12.2 Å². The fourth-order valence-corrected chi connectivity index (χ4v) is 3.27. The van der Waals surface area contributed by atoms with Crippen LogP contribution in [0, 0.1) is 24.0 Å². The molecule has 1 aromatic heterocycles. The number of Topliss-reactive ketones (excluding diaryl/α,β-unsaturated/α-hetero) is 1. The summed E-state index contributed by atoms with van der Waals surface area (Å²) >= 11 is 0. The van der Waals surface area contributed by atoms with Gasteiger partial charge in [0.2, 0.25) is 5.78 Å². The van der Waals surface area contributed by atoms with E-state index in [-0.39, 0.29) is 23.1 Å². The van der Waals surface area contributed by atoms with Crippen LogP contribution in [0.25, 0.3) is 6.08 Å². The van der Waals surface area contributed by atoms with E-state index in [0.717, 1.165) is 17.5 Å². The van der Waals surface area contributed by atoms with Crippen molar-refractivity contribution in [3.8, 4) is 0 Å². The summed E-state index contributed by atoms with van der Waals surface area (Å²) in [6.07, 6.45) is 2.36. The standard InChI is InChI=1S/C21H24N2O6/c1-14-11-18(16(3)22(14)15(2)12-28-4)20(24)13-29-21(25)10-9-17-7-5-6-8-19(17)23(26)27/h5-11,15H,12-13H2,1-4H3/b10-9+/t15-/m1/s1. The van der Waals surface area contributed by atoms with Gasteiger partial charge in [0.1, 0.15) is 0 Å². The Morgan fingerprint density at radius 1 is 1.28 bits per heavy atom. The van der Waals surface area contributed by atoms with Gasteiger partial charge in [-0.05, 0) is 39.0 Å². The molecule has 1 heterocycles. The summed E-state index contributed by atoms with van der Waals surface area (Å²) in [7, 11) is 1.62. The number of hydrogen-bond acceptors (Lipinski definition) is 6. The number of para-hydroxylation sites is 1. The van der Waals surface area contributed by atoms with Gasteiger partial charge < -0.3 is 14.0 Å². The van der Waals surface area contributed by atoms with E-state index in [1.807, 2.05) is 25.3 Å². The summed E-state index contributed by atoms with van der Waals surface area (Å²) < 4.78 is 12.2. The second-order valence-electron chi connectivity index (χ2n) is 6.64. The summed E-state index contributed by atoms with van der Waals surface area (Å²) in [6.45, 7) is 5.82. The number of nitrogens with zero attached hydrogens (tertiary/aromatic N) is 2. The highest BCUT2D eigenvalue weighted by Gasteiger charge is 2.19. The average molecular weight is 400 g/mol. The Morgan fingerprint density at radius 2 is 1.97 bits per heavy atom. The molecule has 0 amide bonds. The van der Waals surface area contributed by atoms with Gasteiger partial charge in [-0.2, -0.15) is 0 Å². The first-order valence-electron chi connectivity index (χ1n) is 9.05. The van der Waals surface area contributed by atoms with Crippen molar-refractivity contribution in [1.29, 1.82) is 0 Å². The maximum Gasteiger partial charge on any atom is 0.331 e. The van der Waals surface area contributed by atoms with Crippen LogP contribution in [0.3, 0.4) is 0 Å². The minimum absolute atomic E-state index is 0.0636. The van der Waals surface area contributed by atoms with Gasteiger partial charge in [0.05, 0.1) is 23.1 Å². The molecule has 0 aliphatic rings. The molecule has 154 valence electrons. The lowest BCUT2D eigenvalue weighted by molar-refractivity contribution is -0.385. The van der Waals surface area contributed by atoms with Gasteiger partial charge in [-0.1, -0.05) is 12.1 Å². The molecule has 29 heavy (non-hydrogen) atoms. The van der Waals surface area contributed by atoms with Crippen LogP contribution in [0.5, 0.6) is 0 Å². The fraction of sp³-hybridized carbons (Fsp3) is 0.333. The highest BCUT2D eigenvalue weighted by atomic mass is 16.6. The molecule has 0 radical (unpaired) electrons. The van der Waals surface area contributed by atoms with Gasteiger partial charge in [-0.25, -0.2) is 4.79 Å². The van der Waals surface area contributed by atoms with Crippen molar-refractivity contribution in [1.82, 2.24) is 4.57 Å². The highest BCUT2D eigenvalue weighted by Crippen LogP contribution is 2.21. The van der Waals surface area contributed by atoms with Crippen molar-refractivity contribution in [2.24, 2.45) is 0 Å². The summed E-state index contributed by atoms with van der Waals surface area (Å²) in [6, 6.07) is 7.85. The molecule has 0 bridgehead atoms. The Hall–Kier alpha value is -3.26. The third-order valence-electron chi connectivity index (χ3n) is 4.51. The number of carbonyl (C=O) groups is 2. The van der Waals surface area contributed by atoms with E-state index in [1.165, 1.54) is 24.3 Å². The lowest BCUT2D eigenvalue weighted by Crippen LogP contribution is -2.16. The number of methoxy groups -OCH3 is 1. The highest BCUT2D eigenvalue weighted by molar-refractivity contribution is 6.00. The molecule has 0 aliphatic heterocycles. The number of rotatable bonds is 9. The monoisotopic (exact) mass is 400 g/mol. The van der Waals surface area contributed by atoms with E-state index in [4.69, 9.17) is 9.47 Å². The number of esters is 1. The predicted octanol–water partition coefficient (Wildman–Crippen LogP) is 3.66. The molecule has 0 saturated carbocycles. The van der Waals surface area contributed by atoms with Crippen LogP contribution in [-0.4, -0.2) is 41.6 Å². The Bertz CT molecular complexity index is 945. The number of ether oxygens (including phenoxy) is 2. The van der Waals surface area contributed by atoms with E-state index in [1.54, 1.807) is 19.2 Å². The number of aromatic nitrogens is 1. The number of nitro benzene ring substituents is 1. The molecule has 1 aromatic carbocycles. The minimum atomic E-state index is -0.752. The molecule has 8 nitrogen and oxygen atoms in total. The van der Waals surface area contributed by atoms with Crippen molar-refractivity contribution >= 4 is 23.5 Å². The molecule has 2 rings (SSSR count). The summed E-state index contributed by atoms with van der Waals surface area (Å²) in [4.78, 5) is 34.9. The number of hydrogen-bond donors (Lipinski definition) is 0. The molecule has 0 unspecified atom stereocenters. The smallest absolute Gasteiger partial charge is 0.331 e. The summed E-state index contributed by atoms with van der Waals surface area (Å²) in [5, 5.41) is 11.0. The van der Waals surface area contributed by atoms with Crippen molar-refractivity contribution in [3.63, 3.8) is 0 Å². The summed E-state index contributed by atoms with van der Waals surface area (Å²) in [5.41, 5.74) is 2.34. The second-order valence-corrected chi connectivity index (χ2v) is 6.64. The first-order valence-corrected chi connectivity index (χ1v) is 9.05. The quantitative estimate of drug-likeness (QED) is 0.209. The Balaban J connectivity index is 2.04. The largest absolute Gasteiger partial charge is 0.454 e. The maximum absolute atomic E-state index is 12.5. The molecule has 0 fully saturated rings. The SMILES string of the molecule is COC[C@@H](C)n1c(C)cc(C(=O)COC(=O)/C=C/c2ccccc2[N+](=O)[O-])c1C. The Morgan fingerprint density at radius 3 is 2.62 bits per heavy atom. The molecule has 0 N–H and O–H groups in total. The van der Waals surface area contributed by atoms with Crippen LogP contribution in [-0.2, 0) is 14.3 Å². The van der Waals surface area contributed by atoms with E-state index >= 15 is 0 Å². The van der Waals surface area contributed by atoms with Crippen molar-refractivity contribution in [3.05, 3.63) is 69.0 Å². The number of aryl methyl sites for hydroxylation is 1. The molecule has 0 aliphatic carbocycles. The van der Waals surface area contributed by atoms with Crippen molar-refractivity contribution < 1.29 is 24.0 Å². The van der Waals surface area contributed by atoms with Gasteiger partial charge in [-0.3, -0.25) is 14.9 Å².